The minimum absolute atomic E-state index is 0. The van der Waals surface area contributed by atoms with Gasteiger partial charge in [0.15, 0.2) is 6.10 Å². The van der Waals surface area contributed by atoms with Crippen LogP contribution in [0.4, 0.5) is 0 Å². The zero-order chi connectivity index (χ0) is 24.8. The molecule has 0 radical (unpaired) electrons. The molecule has 0 fully saturated rings. The van der Waals surface area contributed by atoms with Crippen molar-refractivity contribution in [2.24, 2.45) is 0 Å². The number of hydrogen-bond donors (Lipinski definition) is 1. The number of esters is 2. The van der Waals surface area contributed by atoms with Gasteiger partial charge in [0.2, 0.25) is 0 Å². The predicted molar refractivity (Wildman–Crippen MR) is 141 cm³/mol. The minimum Gasteiger partial charge on any atom is -0.790 e. The van der Waals surface area contributed by atoms with Gasteiger partial charge in [0.25, 0.3) is 0 Å². The van der Waals surface area contributed by atoms with Gasteiger partial charge < -0.3 is 34.5 Å². The maximum absolute atomic E-state index is 11.9. The van der Waals surface area contributed by atoms with Gasteiger partial charge in [-0.2, -0.15) is 0 Å². The Morgan fingerprint density at radius 1 is 0.861 bits per heavy atom. The first-order valence-electron chi connectivity index (χ1n) is 10.2. The Morgan fingerprint density at radius 3 is 1.94 bits per heavy atom. The molecule has 0 unspecified atom stereocenters. The van der Waals surface area contributed by atoms with Crippen LogP contribution in [0.15, 0.2) is 0 Å². The topological polar surface area (TPSA) is 160 Å². The van der Waals surface area contributed by atoms with Crippen molar-refractivity contribution in [1.29, 1.82) is 0 Å². The van der Waals surface area contributed by atoms with E-state index in [2.05, 4.69) is 70.7 Å². The second-order valence-corrected chi connectivity index (χ2v) is 7.50. The summed E-state index contributed by atoms with van der Waals surface area (Å²) in [7, 11) is -5.29. The molecule has 0 aromatic heterocycles. The van der Waals surface area contributed by atoms with Crippen molar-refractivity contribution in [2.45, 2.75) is 64.9 Å². The van der Waals surface area contributed by atoms with E-state index in [9.17, 15) is 23.9 Å². The first-order valence-corrected chi connectivity index (χ1v) is 11.7. The Kier molecular flexibility index (Phi) is 33.0. The number of ether oxygens (including phenoxy) is 2. The summed E-state index contributed by atoms with van der Waals surface area (Å²) in [6.45, 7) is 2.42. The number of carbonyl (C=O) groups excluding carboxylic acids is 2. The van der Waals surface area contributed by atoms with Crippen molar-refractivity contribution in [3.63, 3.8) is 0 Å². The molecule has 0 aromatic carbocycles. The molecule has 0 aromatic rings. The van der Waals surface area contributed by atoms with E-state index in [1.54, 1.807) is 6.92 Å². The molecular weight excluding hydrogens is 507 g/mol. The second kappa shape index (κ2) is 28.4. The van der Waals surface area contributed by atoms with Gasteiger partial charge in [-0.15, -0.1) is 0 Å². The molecule has 0 spiro atoms. The molecule has 36 heavy (non-hydrogen) atoms. The van der Waals surface area contributed by atoms with E-state index < -0.39 is 39.1 Å². The van der Waals surface area contributed by atoms with Crippen LogP contribution in [0.2, 0.25) is 0 Å². The van der Waals surface area contributed by atoms with Crippen molar-refractivity contribution in [1.82, 2.24) is 6.15 Å². The number of phosphoric acid groups is 1. The van der Waals surface area contributed by atoms with E-state index in [4.69, 9.17) is 9.47 Å². The van der Waals surface area contributed by atoms with Gasteiger partial charge in [-0.25, -0.2) is 4.79 Å². The molecule has 3 N–H and O–H groups in total. The van der Waals surface area contributed by atoms with Crippen molar-refractivity contribution in [3.05, 3.63) is 0 Å². The maximum atomic E-state index is 11.9. The van der Waals surface area contributed by atoms with Crippen LogP contribution in [0.1, 0.15) is 71.6 Å². The summed E-state index contributed by atoms with van der Waals surface area (Å²) in [5.41, 5.74) is 0. The Hall–Kier alpha value is -1.19. The number of phosphoric ester groups is 1. The second-order valence-electron chi connectivity index (χ2n) is 6.35. The normalized spacial score (nSPS) is 9.22. The van der Waals surface area contributed by atoms with Gasteiger partial charge in [-0.05, 0) is 60.7 Å². The van der Waals surface area contributed by atoms with E-state index in [1.807, 2.05) is 0 Å². The molecule has 9 nitrogen and oxygen atoms in total. The van der Waals surface area contributed by atoms with E-state index in [1.165, 1.54) is 0 Å². The molecule has 202 valence electrons. The Bertz CT molecular complexity index is 1030. The molecule has 1 atom stereocenters. The smallest absolute Gasteiger partial charge is 0.790 e. The fourth-order valence-corrected chi connectivity index (χ4v) is 2.47. The molecule has 0 aliphatic heterocycles. The summed E-state index contributed by atoms with van der Waals surface area (Å²) in [6, 6.07) is 0. The zero-order valence-electron chi connectivity index (χ0n) is 21.4. The van der Waals surface area contributed by atoms with Crippen molar-refractivity contribution >= 4 is 19.8 Å². The average molecular weight is 554 g/mol. The predicted octanol–water partition coefficient (Wildman–Crippen LogP) is -2.54. The minimum atomic E-state index is -5.29. The molecule has 0 saturated carbocycles. The number of rotatable bonds is 13. The van der Waals surface area contributed by atoms with Gasteiger partial charge in [0.1, 0.15) is 6.61 Å². The fourth-order valence-electron chi connectivity index (χ4n) is 2.12. The molecule has 12 heteroatoms. The van der Waals surface area contributed by atoms with Crippen LogP contribution in [-0.4, -0.2) is 31.3 Å². The standard InChI is InChI=1S/C24H27O8P.H3N.2Na.9H2/c1-3-5-7-9-11-12-13-15-16-18-23(25)30-20-22(21-31-33(27,28)29)32-24(26)19-17-14-10-8-6-4-2;;;;;;;;;;;;/h22H,4,6,8,10,14,17,19-21H2,1-2H3,(H2,27,28,29);1H3;;;9*1H/q;;2*+1;;;;;;;;;/p-2/t22-;;;;;;;;;;;;/m1............/s1. The van der Waals surface area contributed by atoms with Crippen LogP contribution in [0.3, 0.4) is 0 Å². The summed E-state index contributed by atoms with van der Waals surface area (Å²) in [5.74, 6) is 22.1. The molecule has 0 saturated heterocycles. The van der Waals surface area contributed by atoms with Crippen LogP contribution in [-0.2, 0) is 28.2 Å². The zero-order valence-corrected chi connectivity index (χ0v) is 26.3. The van der Waals surface area contributed by atoms with E-state index in [0.29, 0.717) is 6.42 Å². The third kappa shape index (κ3) is 30.8. The third-order valence-corrected chi connectivity index (χ3v) is 4.04. The van der Waals surface area contributed by atoms with Gasteiger partial charge in [0.05, 0.1) is 14.4 Å². The first-order chi connectivity index (χ1) is 15.8. The molecule has 0 amide bonds. The molecule has 0 aliphatic carbocycles. The molecule has 0 bridgehead atoms. The number of carbonyl (C=O) groups is 2. The van der Waals surface area contributed by atoms with Crippen LogP contribution in [0, 0.1) is 59.2 Å². The van der Waals surface area contributed by atoms with Crippen molar-refractivity contribution < 1.29 is 110 Å². The fraction of sp³-hybridized carbons (Fsp3) is 0.500. The summed E-state index contributed by atoms with van der Waals surface area (Å²) in [6.07, 6.45) is 4.60. The van der Waals surface area contributed by atoms with Crippen LogP contribution >= 0.6 is 7.82 Å². The Labute approximate surface area is 271 Å². The summed E-state index contributed by atoms with van der Waals surface area (Å²) < 4.78 is 24.7. The molecule has 0 rings (SSSR count). The first kappa shape index (κ1) is 41.9. The quantitative estimate of drug-likeness (QED) is 0.0647. The summed E-state index contributed by atoms with van der Waals surface area (Å²) in [4.78, 5) is 45.0. The number of hydrogen-bond acceptors (Lipinski definition) is 9. The van der Waals surface area contributed by atoms with Gasteiger partial charge in [0, 0.05) is 25.2 Å². The van der Waals surface area contributed by atoms with Crippen LogP contribution < -0.4 is 75.1 Å². The van der Waals surface area contributed by atoms with Gasteiger partial charge >= 0.3 is 71.1 Å². The largest absolute Gasteiger partial charge is 1.00 e. The van der Waals surface area contributed by atoms with E-state index in [0.717, 1.165) is 32.1 Å². The van der Waals surface area contributed by atoms with Gasteiger partial charge in [-0.3, -0.25) is 4.79 Å². The van der Waals surface area contributed by atoms with Gasteiger partial charge in [-0.1, -0.05) is 44.9 Å². The van der Waals surface area contributed by atoms with Crippen molar-refractivity contribution in [3.8, 4) is 59.2 Å². The average Bonchev–Trinajstić information content (AvgIpc) is 2.76. The third-order valence-electron chi connectivity index (χ3n) is 3.58. The SMILES string of the molecule is CC#CC#CC#CC#CC#CC(=O)OC[C@H](COP(=O)([O-])[O-])OC(=O)CCCCCCCC.N.[HH].[HH].[HH].[HH].[HH].[HH].[HH].[HH].[HH].[Na+].[Na+]. The summed E-state index contributed by atoms with van der Waals surface area (Å²) in [5, 5.41) is 0. The van der Waals surface area contributed by atoms with E-state index >= 15 is 0 Å². The van der Waals surface area contributed by atoms with E-state index in [-0.39, 0.29) is 84.5 Å². The number of unbranched alkanes of at least 4 members (excludes halogenated alkanes) is 5. The van der Waals surface area contributed by atoms with Crippen molar-refractivity contribution in [2.75, 3.05) is 13.2 Å². The molecule has 0 heterocycles. The summed E-state index contributed by atoms with van der Waals surface area (Å²) >= 11 is 0. The monoisotopic (exact) mass is 553 g/mol. The Morgan fingerprint density at radius 2 is 1.39 bits per heavy atom. The Balaban J connectivity index is -0.0000000776. The van der Waals surface area contributed by atoms with Crippen LogP contribution in [0.25, 0.3) is 0 Å². The molecule has 0 aliphatic rings. The molecular formula is C24H46NNa2O8P. The maximum Gasteiger partial charge on any atom is 1.00 e. The van der Waals surface area contributed by atoms with Crippen LogP contribution in [0.5, 0.6) is 0 Å².